The van der Waals surface area contributed by atoms with E-state index in [0.717, 1.165) is 34.4 Å². The fourth-order valence-corrected chi connectivity index (χ4v) is 4.76. The van der Waals surface area contributed by atoms with Crippen molar-refractivity contribution in [2.75, 3.05) is 26.8 Å². The lowest BCUT2D eigenvalue weighted by atomic mass is 9.76. The molecular weight excluding hydrogens is 410 g/mol. The van der Waals surface area contributed by atoms with Crippen LogP contribution < -0.4 is 14.8 Å². The second-order valence-corrected chi connectivity index (χ2v) is 8.47. The van der Waals surface area contributed by atoms with E-state index >= 15 is 0 Å². The molecule has 0 bridgehead atoms. The van der Waals surface area contributed by atoms with Gasteiger partial charge < -0.3 is 19.7 Å². The molecule has 8 nitrogen and oxygen atoms in total. The van der Waals surface area contributed by atoms with Gasteiger partial charge in [0.1, 0.15) is 25.3 Å². The van der Waals surface area contributed by atoms with Crippen LogP contribution in [0.25, 0.3) is 0 Å². The van der Waals surface area contributed by atoms with Crippen molar-refractivity contribution in [3.63, 3.8) is 0 Å². The molecule has 2 aromatic carbocycles. The second kappa shape index (κ2) is 7.85. The monoisotopic (exact) mass is 435 g/mol. The van der Waals surface area contributed by atoms with Crippen molar-refractivity contribution in [2.45, 2.75) is 31.3 Å². The quantitative estimate of drug-likeness (QED) is 0.744. The number of carbonyl (C=O) groups excluding carboxylic acids is 3. The van der Waals surface area contributed by atoms with Gasteiger partial charge in [-0.25, -0.2) is 4.79 Å². The minimum absolute atomic E-state index is 0.296. The predicted molar refractivity (Wildman–Crippen MR) is 115 cm³/mol. The van der Waals surface area contributed by atoms with E-state index < -0.39 is 11.6 Å². The number of rotatable bonds is 4. The van der Waals surface area contributed by atoms with E-state index in [1.165, 1.54) is 4.90 Å². The fraction of sp³-hybridized carbons (Fsp3) is 0.375. The van der Waals surface area contributed by atoms with Crippen LogP contribution in [0.3, 0.4) is 0 Å². The Morgan fingerprint density at radius 1 is 1.12 bits per heavy atom. The van der Waals surface area contributed by atoms with E-state index in [-0.39, 0.29) is 18.4 Å². The van der Waals surface area contributed by atoms with Crippen LogP contribution in [-0.2, 0) is 28.1 Å². The van der Waals surface area contributed by atoms with Gasteiger partial charge in [0.15, 0.2) is 11.5 Å². The van der Waals surface area contributed by atoms with E-state index in [9.17, 15) is 14.4 Å². The maximum absolute atomic E-state index is 13.4. The van der Waals surface area contributed by atoms with Gasteiger partial charge in [0.05, 0.1) is 0 Å². The molecule has 1 unspecified atom stereocenters. The first kappa shape index (κ1) is 20.4. The summed E-state index contributed by atoms with van der Waals surface area (Å²) in [5.74, 6) is 0.674. The summed E-state index contributed by atoms with van der Waals surface area (Å²) in [5, 5.41) is 2.89. The molecular formula is C24H25N3O5. The topological polar surface area (TPSA) is 88.2 Å². The van der Waals surface area contributed by atoms with Crippen molar-refractivity contribution in [3.05, 3.63) is 59.2 Å². The minimum Gasteiger partial charge on any atom is -0.486 e. The molecule has 1 N–H and O–H groups in total. The average Bonchev–Trinajstić information content (AvgIpc) is 3.04. The molecule has 1 saturated heterocycles. The van der Waals surface area contributed by atoms with E-state index in [1.54, 1.807) is 7.05 Å². The molecule has 8 heteroatoms. The summed E-state index contributed by atoms with van der Waals surface area (Å²) in [4.78, 5) is 41.6. The molecule has 1 fully saturated rings. The maximum atomic E-state index is 13.4. The highest BCUT2D eigenvalue weighted by molar-refractivity contribution is 6.09. The number of nitrogens with one attached hydrogen (secondary N) is 1. The zero-order chi connectivity index (χ0) is 22.3. The molecule has 166 valence electrons. The SMILES string of the molecule is CN(Cc1ccc2c(c1)OCCO2)C(=O)CN1C(=O)NC2(CCCc3ccccc32)C1=O. The Balaban J connectivity index is 1.30. The van der Waals surface area contributed by atoms with Crippen LogP contribution in [0.15, 0.2) is 42.5 Å². The summed E-state index contributed by atoms with van der Waals surface area (Å²) in [7, 11) is 1.66. The number of nitrogens with zero attached hydrogens (tertiary/aromatic N) is 2. The number of hydrogen-bond acceptors (Lipinski definition) is 5. The van der Waals surface area contributed by atoms with Crippen LogP contribution in [0, 0.1) is 0 Å². The molecule has 1 atom stereocenters. The minimum atomic E-state index is -1.07. The second-order valence-electron chi connectivity index (χ2n) is 8.47. The highest BCUT2D eigenvalue weighted by Crippen LogP contribution is 2.40. The molecule has 5 rings (SSSR count). The summed E-state index contributed by atoms with van der Waals surface area (Å²) in [6.45, 7) is 1.04. The number of hydrogen-bond donors (Lipinski definition) is 1. The molecule has 3 aliphatic rings. The van der Waals surface area contributed by atoms with Gasteiger partial charge in [0.2, 0.25) is 5.91 Å². The van der Waals surface area contributed by atoms with E-state index in [1.807, 2.05) is 42.5 Å². The largest absolute Gasteiger partial charge is 0.486 e. The van der Waals surface area contributed by atoms with Crippen molar-refractivity contribution in [3.8, 4) is 11.5 Å². The summed E-state index contributed by atoms with van der Waals surface area (Å²) >= 11 is 0. The first-order valence-electron chi connectivity index (χ1n) is 10.8. The number of benzene rings is 2. The Morgan fingerprint density at radius 2 is 1.91 bits per heavy atom. The number of likely N-dealkylation sites (N-methyl/N-ethyl adjacent to an activating group) is 1. The molecule has 32 heavy (non-hydrogen) atoms. The predicted octanol–water partition coefficient (Wildman–Crippen LogP) is 2.20. The number of carbonyl (C=O) groups is 3. The van der Waals surface area contributed by atoms with Crippen molar-refractivity contribution in [1.29, 1.82) is 0 Å². The Kier molecular flexibility index (Phi) is 5.00. The first-order valence-corrected chi connectivity index (χ1v) is 10.8. The third kappa shape index (κ3) is 3.36. The molecule has 2 aromatic rings. The van der Waals surface area contributed by atoms with Gasteiger partial charge in [-0.05, 0) is 48.1 Å². The van der Waals surface area contributed by atoms with Crippen LogP contribution in [0.2, 0.25) is 0 Å². The fourth-order valence-electron chi connectivity index (χ4n) is 4.76. The third-order valence-corrected chi connectivity index (χ3v) is 6.40. The van der Waals surface area contributed by atoms with E-state index in [2.05, 4.69) is 5.32 Å². The molecule has 1 spiro atoms. The lowest BCUT2D eigenvalue weighted by Crippen LogP contribution is -2.47. The van der Waals surface area contributed by atoms with Crippen molar-refractivity contribution in [1.82, 2.24) is 15.1 Å². The van der Waals surface area contributed by atoms with Gasteiger partial charge in [-0.3, -0.25) is 14.5 Å². The number of fused-ring (bicyclic) bond motifs is 3. The molecule has 2 aliphatic heterocycles. The van der Waals surface area contributed by atoms with Crippen LogP contribution in [-0.4, -0.2) is 54.5 Å². The smallest absolute Gasteiger partial charge is 0.325 e. The molecule has 1 aliphatic carbocycles. The summed E-state index contributed by atoms with van der Waals surface area (Å²) in [5.41, 5.74) is 1.71. The van der Waals surface area contributed by atoms with Crippen molar-refractivity contribution in [2.24, 2.45) is 0 Å². The molecule has 0 aromatic heterocycles. The first-order chi connectivity index (χ1) is 15.5. The third-order valence-electron chi connectivity index (χ3n) is 6.40. The zero-order valence-electron chi connectivity index (χ0n) is 17.9. The van der Waals surface area contributed by atoms with Crippen LogP contribution in [0.4, 0.5) is 4.79 Å². The summed E-state index contributed by atoms with van der Waals surface area (Å²) in [6.07, 6.45) is 2.21. The highest BCUT2D eigenvalue weighted by atomic mass is 16.6. The van der Waals surface area contributed by atoms with Gasteiger partial charge in [0, 0.05) is 13.6 Å². The summed E-state index contributed by atoms with van der Waals surface area (Å²) < 4.78 is 11.1. The molecule has 4 amide bonds. The number of ether oxygens (including phenoxy) is 2. The number of imide groups is 1. The Bertz CT molecular complexity index is 1100. The van der Waals surface area contributed by atoms with Crippen LogP contribution >= 0.6 is 0 Å². The Labute approximate surface area is 186 Å². The van der Waals surface area contributed by atoms with Crippen LogP contribution in [0.1, 0.15) is 29.5 Å². The Morgan fingerprint density at radius 3 is 2.75 bits per heavy atom. The molecule has 0 radical (unpaired) electrons. The molecule has 2 heterocycles. The van der Waals surface area contributed by atoms with Crippen LogP contribution in [0.5, 0.6) is 11.5 Å². The highest BCUT2D eigenvalue weighted by Gasteiger charge is 2.54. The van der Waals surface area contributed by atoms with Gasteiger partial charge >= 0.3 is 6.03 Å². The van der Waals surface area contributed by atoms with Gasteiger partial charge in [-0.2, -0.15) is 0 Å². The van der Waals surface area contributed by atoms with Crippen molar-refractivity contribution < 1.29 is 23.9 Å². The number of amides is 4. The zero-order valence-corrected chi connectivity index (χ0v) is 17.9. The Hall–Kier alpha value is -3.55. The number of urea groups is 1. The maximum Gasteiger partial charge on any atom is 0.325 e. The normalized spacial score (nSPS) is 21.3. The number of aryl methyl sites for hydroxylation is 1. The average molecular weight is 435 g/mol. The van der Waals surface area contributed by atoms with E-state index in [4.69, 9.17) is 9.47 Å². The van der Waals surface area contributed by atoms with E-state index in [0.29, 0.717) is 37.7 Å². The van der Waals surface area contributed by atoms with Crippen molar-refractivity contribution >= 4 is 17.8 Å². The van der Waals surface area contributed by atoms with Gasteiger partial charge in [-0.1, -0.05) is 30.3 Å². The summed E-state index contributed by atoms with van der Waals surface area (Å²) in [6, 6.07) is 12.7. The lowest BCUT2D eigenvalue weighted by Gasteiger charge is -2.33. The lowest BCUT2D eigenvalue weighted by molar-refractivity contribution is -0.139. The molecule has 0 saturated carbocycles. The van der Waals surface area contributed by atoms with Gasteiger partial charge in [0.25, 0.3) is 5.91 Å². The standard InChI is InChI=1S/C24H25N3O5/c1-26(14-16-8-9-19-20(13-16)32-12-11-31-19)21(28)15-27-22(29)24(25-23(27)30)10-4-6-17-5-2-3-7-18(17)24/h2-3,5,7-9,13H,4,6,10-12,14-15H2,1H3,(H,25,30). The van der Waals surface area contributed by atoms with Gasteiger partial charge in [-0.15, -0.1) is 0 Å².